The molecule has 0 heterocycles. The summed E-state index contributed by atoms with van der Waals surface area (Å²) < 4.78 is 0. The van der Waals surface area contributed by atoms with Gasteiger partial charge in [-0.3, -0.25) is 4.99 Å². The minimum absolute atomic E-state index is 0.586. The Kier molecular flexibility index (Phi) is 5.81. The van der Waals surface area contributed by atoms with E-state index in [4.69, 9.17) is 5.73 Å². The zero-order valence-electron chi connectivity index (χ0n) is 11.1. The van der Waals surface area contributed by atoms with Gasteiger partial charge in [0, 0.05) is 18.5 Å². The van der Waals surface area contributed by atoms with Crippen LogP contribution in [0.1, 0.15) is 46.0 Å². The molecule has 0 amide bonds. The summed E-state index contributed by atoms with van der Waals surface area (Å²) >= 11 is 0. The predicted octanol–water partition coefficient (Wildman–Crippen LogP) is 2.26. The summed E-state index contributed by atoms with van der Waals surface area (Å²) in [5.74, 6) is 1.49. The quantitative estimate of drug-likeness (QED) is 0.428. The number of hydrogen-bond acceptors (Lipinski definition) is 2. The van der Waals surface area contributed by atoms with Gasteiger partial charge in [0.2, 0.25) is 0 Å². The highest BCUT2D eigenvalue weighted by molar-refractivity contribution is 5.83. The van der Waals surface area contributed by atoms with E-state index in [2.05, 4.69) is 30.8 Å². The second kappa shape index (κ2) is 6.89. The maximum absolute atomic E-state index is 5.99. The van der Waals surface area contributed by atoms with E-state index >= 15 is 0 Å². The first-order chi connectivity index (χ1) is 7.61. The van der Waals surface area contributed by atoms with Crippen molar-refractivity contribution in [1.82, 2.24) is 4.90 Å². The molecule has 0 unspecified atom stereocenters. The van der Waals surface area contributed by atoms with Gasteiger partial charge in [0.25, 0.3) is 0 Å². The molecule has 0 radical (unpaired) electrons. The topological polar surface area (TPSA) is 41.6 Å². The van der Waals surface area contributed by atoms with Gasteiger partial charge >= 0.3 is 0 Å². The van der Waals surface area contributed by atoms with E-state index in [0.717, 1.165) is 25.3 Å². The Morgan fingerprint density at radius 2 is 2.00 bits per heavy atom. The van der Waals surface area contributed by atoms with Crippen LogP contribution in [0.15, 0.2) is 4.99 Å². The second-order valence-electron chi connectivity index (χ2n) is 5.22. The smallest absolute Gasteiger partial charge is 0.0968 e. The largest absolute Gasteiger partial charge is 0.387 e. The molecule has 1 fully saturated rings. The summed E-state index contributed by atoms with van der Waals surface area (Å²) in [6.07, 6.45) is 6.28. The Balaban J connectivity index is 2.15. The Hall–Kier alpha value is -0.570. The number of nitrogens with two attached hydrogens (primary N) is 1. The first-order valence-corrected chi connectivity index (χ1v) is 6.61. The summed E-state index contributed by atoms with van der Waals surface area (Å²) in [5.41, 5.74) is 5.99. The maximum atomic E-state index is 5.99. The lowest BCUT2D eigenvalue weighted by Crippen LogP contribution is -2.28. The van der Waals surface area contributed by atoms with Crippen LogP contribution in [0.4, 0.5) is 0 Å². The molecule has 0 aromatic heterocycles. The van der Waals surface area contributed by atoms with E-state index in [9.17, 15) is 0 Å². The molecule has 1 saturated carbocycles. The van der Waals surface area contributed by atoms with E-state index in [0.29, 0.717) is 12.0 Å². The van der Waals surface area contributed by atoms with Crippen LogP contribution in [0.3, 0.4) is 0 Å². The summed E-state index contributed by atoms with van der Waals surface area (Å²) in [4.78, 5) is 6.85. The molecule has 0 bridgehead atoms. The average molecular weight is 225 g/mol. The van der Waals surface area contributed by atoms with Crippen LogP contribution in [0.25, 0.3) is 0 Å². The third-order valence-corrected chi connectivity index (χ3v) is 3.62. The molecular formula is C13H27N3. The molecule has 0 aromatic carbocycles. The number of rotatable bonds is 6. The minimum atomic E-state index is 0.586. The van der Waals surface area contributed by atoms with Crippen molar-refractivity contribution in [2.24, 2.45) is 16.6 Å². The highest BCUT2D eigenvalue weighted by Gasteiger charge is 2.17. The van der Waals surface area contributed by atoms with Crippen LogP contribution in [-0.2, 0) is 0 Å². The Bertz CT molecular complexity index is 217. The molecule has 1 aliphatic rings. The summed E-state index contributed by atoms with van der Waals surface area (Å²) in [6.45, 7) is 6.44. The van der Waals surface area contributed by atoms with Gasteiger partial charge in [-0.15, -0.1) is 0 Å². The molecule has 0 atom stereocenters. The Labute approximate surface area is 100 Å². The van der Waals surface area contributed by atoms with Crippen LogP contribution in [-0.4, -0.2) is 36.9 Å². The van der Waals surface area contributed by atoms with Crippen molar-refractivity contribution in [2.75, 3.05) is 20.1 Å². The number of hydrogen-bond donors (Lipinski definition) is 1. The molecule has 3 nitrogen and oxygen atoms in total. The highest BCUT2D eigenvalue weighted by Crippen LogP contribution is 2.24. The van der Waals surface area contributed by atoms with E-state index in [-0.39, 0.29) is 0 Å². The van der Waals surface area contributed by atoms with E-state index in [1.165, 1.54) is 25.7 Å². The fraction of sp³-hybridized carbons (Fsp3) is 0.923. The lowest BCUT2D eigenvalue weighted by atomic mass is 10.1. The van der Waals surface area contributed by atoms with Crippen molar-refractivity contribution in [3.8, 4) is 0 Å². The van der Waals surface area contributed by atoms with E-state index < -0.39 is 0 Å². The number of amidine groups is 1. The van der Waals surface area contributed by atoms with Gasteiger partial charge in [0.1, 0.15) is 0 Å². The lowest BCUT2D eigenvalue weighted by molar-refractivity contribution is 0.272. The monoisotopic (exact) mass is 225 g/mol. The van der Waals surface area contributed by atoms with Gasteiger partial charge in [0.15, 0.2) is 0 Å². The molecule has 0 spiro atoms. The summed E-state index contributed by atoms with van der Waals surface area (Å²) in [7, 11) is 2.16. The molecule has 94 valence electrons. The average Bonchev–Trinajstić information content (AvgIpc) is 2.76. The van der Waals surface area contributed by atoms with Crippen molar-refractivity contribution in [3.05, 3.63) is 0 Å². The lowest BCUT2D eigenvalue weighted by Gasteiger charge is -2.20. The normalized spacial score (nSPS) is 18.9. The van der Waals surface area contributed by atoms with Crippen LogP contribution in [0, 0.1) is 5.92 Å². The summed E-state index contributed by atoms with van der Waals surface area (Å²) in [6, 6.07) is 0.621. The zero-order chi connectivity index (χ0) is 12.0. The van der Waals surface area contributed by atoms with Crippen molar-refractivity contribution >= 4 is 5.84 Å². The first kappa shape index (κ1) is 13.5. The summed E-state index contributed by atoms with van der Waals surface area (Å²) in [5, 5.41) is 0. The maximum Gasteiger partial charge on any atom is 0.0968 e. The van der Waals surface area contributed by atoms with Crippen LogP contribution >= 0.6 is 0 Å². The van der Waals surface area contributed by atoms with Gasteiger partial charge in [-0.1, -0.05) is 12.8 Å². The van der Waals surface area contributed by atoms with Crippen LogP contribution < -0.4 is 5.73 Å². The van der Waals surface area contributed by atoms with Crippen molar-refractivity contribution < 1.29 is 0 Å². The van der Waals surface area contributed by atoms with Crippen molar-refractivity contribution in [1.29, 1.82) is 0 Å². The Morgan fingerprint density at radius 3 is 2.56 bits per heavy atom. The highest BCUT2D eigenvalue weighted by atomic mass is 15.1. The molecule has 0 aromatic rings. The van der Waals surface area contributed by atoms with Crippen molar-refractivity contribution in [2.45, 2.75) is 52.0 Å². The second-order valence-corrected chi connectivity index (χ2v) is 5.22. The molecule has 16 heavy (non-hydrogen) atoms. The fourth-order valence-corrected chi connectivity index (χ4v) is 2.14. The molecular weight excluding hydrogens is 198 g/mol. The predicted molar refractivity (Wildman–Crippen MR) is 70.8 cm³/mol. The molecule has 2 N–H and O–H groups in total. The van der Waals surface area contributed by atoms with Gasteiger partial charge < -0.3 is 10.6 Å². The van der Waals surface area contributed by atoms with Crippen LogP contribution in [0.2, 0.25) is 0 Å². The molecule has 3 heteroatoms. The SMILES string of the molecule is CC(C)N(C)CCCN=C(N)C1CCCC1. The standard InChI is InChI=1S/C13H27N3/c1-11(2)16(3)10-6-9-15-13(14)12-7-4-5-8-12/h11-12H,4-10H2,1-3H3,(H2,14,15). The number of nitrogens with zero attached hydrogens (tertiary/aromatic N) is 2. The van der Waals surface area contributed by atoms with Gasteiger partial charge in [-0.05, 0) is 46.7 Å². The van der Waals surface area contributed by atoms with Crippen LogP contribution in [0.5, 0.6) is 0 Å². The van der Waals surface area contributed by atoms with Crippen molar-refractivity contribution in [3.63, 3.8) is 0 Å². The molecule has 1 rings (SSSR count). The van der Waals surface area contributed by atoms with Gasteiger partial charge in [0.05, 0.1) is 5.84 Å². The first-order valence-electron chi connectivity index (χ1n) is 6.61. The molecule has 0 aliphatic heterocycles. The zero-order valence-corrected chi connectivity index (χ0v) is 11.1. The third kappa shape index (κ3) is 4.52. The molecule has 1 aliphatic carbocycles. The van der Waals surface area contributed by atoms with E-state index in [1.807, 2.05) is 0 Å². The Morgan fingerprint density at radius 1 is 1.38 bits per heavy atom. The number of aliphatic imine (C=N–C) groups is 1. The van der Waals surface area contributed by atoms with Gasteiger partial charge in [-0.25, -0.2) is 0 Å². The third-order valence-electron chi connectivity index (χ3n) is 3.62. The molecule has 0 saturated heterocycles. The fourth-order valence-electron chi connectivity index (χ4n) is 2.14. The minimum Gasteiger partial charge on any atom is -0.387 e. The van der Waals surface area contributed by atoms with Gasteiger partial charge in [-0.2, -0.15) is 0 Å². The van der Waals surface area contributed by atoms with E-state index in [1.54, 1.807) is 0 Å².